The second-order valence-electron chi connectivity index (χ2n) is 3.71. The molecule has 1 fully saturated rings. The lowest BCUT2D eigenvalue weighted by Crippen LogP contribution is -2.45. The van der Waals surface area contributed by atoms with Crippen LogP contribution in [0.2, 0.25) is 0 Å². The second-order valence-corrected chi connectivity index (χ2v) is 3.71. The predicted molar refractivity (Wildman–Crippen MR) is 55.1 cm³/mol. The maximum atomic E-state index is 11.4. The Labute approximate surface area is 85.4 Å². The van der Waals surface area contributed by atoms with Crippen LogP contribution in [-0.4, -0.2) is 38.8 Å². The summed E-state index contributed by atoms with van der Waals surface area (Å²) >= 11 is 0. The Morgan fingerprint density at radius 2 is 2.50 bits per heavy atom. The Hall–Kier alpha value is -0.610. The van der Waals surface area contributed by atoms with Gasteiger partial charge >= 0.3 is 0 Å². The molecule has 82 valence electrons. The summed E-state index contributed by atoms with van der Waals surface area (Å²) in [7, 11) is 1.66. The molecule has 0 bridgehead atoms. The van der Waals surface area contributed by atoms with Crippen molar-refractivity contribution in [1.29, 1.82) is 0 Å². The number of nitrogens with one attached hydrogen (secondary N) is 2. The Morgan fingerprint density at radius 3 is 3.14 bits per heavy atom. The SMILES string of the molecule is COCCCC(=O)N[C@@H]1CCCNC1. The lowest BCUT2D eigenvalue weighted by molar-refractivity contribution is -0.122. The van der Waals surface area contributed by atoms with Gasteiger partial charge in [-0.1, -0.05) is 0 Å². The van der Waals surface area contributed by atoms with Crippen molar-refractivity contribution in [2.75, 3.05) is 26.8 Å². The Kier molecular flexibility index (Phi) is 5.56. The summed E-state index contributed by atoms with van der Waals surface area (Å²) in [6.07, 6.45) is 3.64. The van der Waals surface area contributed by atoms with Crippen LogP contribution in [0.4, 0.5) is 0 Å². The fourth-order valence-corrected chi connectivity index (χ4v) is 1.65. The van der Waals surface area contributed by atoms with Crippen LogP contribution in [-0.2, 0) is 9.53 Å². The van der Waals surface area contributed by atoms with Gasteiger partial charge < -0.3 is 15.4 Å². The van der Waals surface area contributed by atoms with Gasteiger partial charge in [-0.2, -0.15) is 0 Å². The largest absolute Gasteiger partial charge is 0.385 e. The highest BCUT2D eigenvalue weighted by Crippen LogP contribution is 2.01. The minimum atomic E-state index is 0.149. The first-order valence-corrected chi connectivity index (χ1v) is 5.32. The van der Waals surface area contributed by atoms with E-state index >= 15 is 0 Å². The highest BCUT2D eigenvalue weighted by atomic mass is 16.5. The number of piperidine rings is 1. The van der Waals surface area contributed by atoms with Crippen molar-refractivity contribution in [2.45, 2.75) is 31.7 Å². The first-order chi connectivity index (χ1) is 6.83. The van der Waals surface area contributed by atoms with E-state index in [1.54, 1.807) is 7.11 Å². The molecule has 2 N–H and O–H groups in total. The van der Waals surface area contributed by atoms with E-state index in [2.05, 4.69) is 10.6 Å². The zero-order valence-electron chi connectivity index (χ0n) is 8.84. The van der Waals surface area contributed by atoms with E-state index in [-0.39, 0.29) is 5.91 Å². The molecule has 4 nitrogen and oxygen atoms in total. The van der Waals surface area contributed by atoms with Gasteiger partial charge in [0.25, 0.3) is 0 Å². The molecule has 1 atom stereocenters. The van der Waals surface area contributed by atoms with Crippen molar-refractivity contribution in [2.24, 2.45) is 0 Å². The smallest absolute Gasteiger partial charge is 0.220 e. The normalized spacial score (nSPS) is 21.9. The fourth-order valence-electron chi connectivity index (χ4n) is 1.65. The van der Waals surface area contributed by atoms with E-state index in [4.69, 9.17) is 4.74 Å². The first-order valence-electron chi connectivity index (χ1n) is 5.32. The molecule has 1 aliphatic rings. The number of methoxy groups -OCH3 is 1. The summed E-state index contributed by atoms with van der Waals surface area (Å²) in [4.78, 5) is 11.4. The molecule has 0 aromatic carbocycles. The third-order valence-corrected chi connectivity index (χ3v) is 2.41. The number of carbonyl (C=O) groups is 1. The molecule has 1 saturated heterocycles. The average Bonchev–Trinajstić information content (AvgIpc) is 2.20. The lowest BCUT2D eigenvalue weighted by atomic mass is 10.1. The first kappa shape index (κ1) is 11.5. The van der Waals surface area contributed by atoms with Crippen LogP contribution >= 0.6 is 0 Å². The van der Waals surface area contributed by atoms with E-state index in [1.165, 1.54) is 0 Å². The fraction of sp³-hybridized carbons (Fsp3) is 0.900. The van der Waals surface area contributed by atoms with Crippen molar-refractivity contribution in [3.8, 4) is 0 Å². The van der Waals surface area contributed by atoms with Crippen LogP contribution in [0, 0.1) is 0 Å². The molecule has 0 radical (unpaired) electrons. The monoisotopic (exact) mass is 200 g/mol. The average molecular weight is 200 g/mol. The lowest BCUT2D eigenvalue weighted by Gasteiger charge is -2.23. The maximum absolute atomic E-state index is 11.4. The van der Waals surface area contributed by atoms with Crippen molar-refractivity contribution in [3.05, 3.63) is 0 Å². The third kappa shape index (κ3) is 4.58. The minimum absolute atomic E-state index is 0.149. The molecule has 0 spiro atoms. The van der Waals surface area contributed by atoms with Gasteiger partial charge in [0.05, 0.1) is 0 Å². The summed E-state index contributed by atoms with van der Waals surface area (Å²) in [5, 5.41) is 6.29. The van der Waals surface area contributed by atoms with Crippen molar-refractivity contribution in [1.82, 2.24) is 10.6 Å². The molecular formula is C10H20N2O2. The Bertz CT molecular complexity index is 168. The molecular weight excluding hydrogens is 180 g/mol. The molecule has 1 rings (SSSR count). The standard InChI is InChI=1S/C10H20N2O2/c1-14-7-3-5-10(13)12-9-4-2-6-11-8-9/h9,11H,2-8H2,1H3,(H,12,13)/t9-/m1/s1. The van der Waals surface area contributed by atoms with Crippen LogP contribution < -0.4 is 10.6 Å². The van der Waals surface area contributed by atoms with Crippen molar-refractivity contribution >= 4 is 5.91 Å². The van der Waals surface area contributed by atoms with E-state index < -0.39 is 0 Å². The second kappa shape index (κ2) is 6.79. The zero-order chi connectivity index (χ0) is 10.2. The minimum Gasteiger partial charge on any atom is -0.385 e. The van der Waals surface area contributed by atoms with Gasteiger partial charge in [-0.15, -0.1) is 0 Å². The summed E-state index contributed by atoms with van der Waals surface area (Å²) in [5.74, 6) is 0.149. The number of rotatable bonds is 5. The molecule has 0 aliphatic carbocycles. The highest BCUT2D eigenvalue weighted by Gasteiger charge is 2.14. The Balaban J connectivity index is 2.06. The van der Waals surface area contributed by atoms with Gasteiger partial charge in [-0.25, -0.2) is 0 Å². The molecule has 0 saturated carbocycles. The summed E-state index contributed by atoms with van der Waals surface area (Å²) in [6.45, 7) is 2.66. The van der Waals surface area contributed by atoms with Gasteiger partial charge in [0.1, 0.15) is 0 Å². The molecule has 1 amide bonds. The molecule has 1 aliphatic heterocycles. The van der Waals surface area contributed by atoms with Crippen LogP contribution in [0.25, 0.3) is 0 Å². The predicted octanol–water partition coefficient (Wildman–Crippen LogP) is 0.281. The van der Waals surface area contributed by atoms with Crippen molar-refractivity contribution in [3.63, 3.8) is 0 Å². The topological polar surface area (TPSA) is 50.4 Å². The number of carbonyl (C=O) groups excluding carboxylic acids is 1. The summed E-state index contributed by atoms with van der Waals surface area (Å²) in [5.41, 5.74) is 0. The molecule has 0 aromatic heterocycles. The third-order valence-electron chi connectivity index (χ3n) is 2.41. The van der Waals surface area contributed by atoms with E-state index in [0.29, 0.717) is 19.1 Å². The molecule has 4 heteroatoms. The van der Waals surface area contributed by atoms with Gasteiger partial charge in [-0.3, -0.25) is 4.79 Å². The van der Waals surface area contributed by atoms with Crippen LogP contribution in [0.3, 0.4) is 0 Å². The molecule has 0 unspecified atom stereocenters. The van der Waals surface area contributed by atoms with Gasteiger partial charge in [0.2, 0.25) is 5.91 Å². The number of hydrogen-bond acceptors (Lipinski definition) is 3. The van der Waals surface area contributed by atoms with E-state index in [9.17, 15) is 4.79 Å². The molecule has 14 heavy (non-hydrogen) atoms. The number of hydrogen-bond donors (Lipinski definition) is 2. The highest BCUT2D eigenvalue weighted by molar-refractivity contribution is 5.76. The van der Waals surface area contributed by atoms with Gasteiger partial charge in [-0.05, 0) is 25.8 Å². The number of ether oxygens (including phenoxy) is 1. The Morgan fingerprint density at radius 1 is 1.64 bits per heavy atom. The molecule has 0 aromatic rings. The van der Waals surface area contributed by atoms with Gasteiger partial charge in [0, 0.05) is 32.7 Å². The van der Waals surface area contributed by atoms with Gasteiger partial charge in [0.15, 0.2) is 0 Å². The van der Waals surface area contributed by atoms with Crippen molar-refractivity contribution < 1.29 is 9.53 Å². The van der Waals surface area contributed by atoms with Crippen LogP contribution in [0.15, 0.2) is 0 Å². The van der Waals surface area contributed by atoms with Crippen LogP contribution in [0.5, 0.6) is 0 Å². The van der Waals surface area contributed by atoms with E-state index in [0.717, 1.165) is 32.4 Å². The van der Waals surface area contributed by atoms with E-state index in [1.807, 2.05) is 0 Å². The summed E-state index contributed by atoms with van der Waals surface area (Å²) < 4.78 is 4.89. The quantitative estimate of drug-likeness (QED) is 0.627. The molecule has 1 heterocycles. The summed E-state index contributed by atoms with van der Waals surface area (Å²) in [6, 6.07) is 0.332. The number of amides is 1. The zero-order valence-corrected chi connectivity index (χ0v) is 8.84. The van der Waals surface area contributed by atoms with Crippen LogP contribution in [0.1, 0.15) is 25.7 Å². The maximum Gasteiger partial charge on any atom is 0.220 e.